The fourth-order valence-electron chi connectivity index (χ4n) is 8.85. The zero-order chi connectivity index (χ0) is 47.3. The van der Waals surface area contributed by atoms with Crippen molar-refractivity contribution < 1.29 is 39.8 Å². The van der Waals surface area contributed by atoms with Crippen LogP contribution in [0.25, 0.3) is 0 Å². The van der Waals surface area contributed by atoms with Gasteiger partial charge in [-0.15, -0.1) is 0 Å². The lowest BCUT2D eigenvalue weighted by molar-refractivity contribution is -0.302. The van der Waals surface area contributed by atoms with E-state index in [-0.39, 0.29) is 12.5 Å². The minimum atomic E-state index is -1.57. The lowest BCUT2D eigenvalue weighted by Gasteiger charge is -2.40. The molecule has 0 spiro atoms. The number of aliphatic hydroxyl groups excluding tert-OH is 5. The van der Waals surface area contributed by atoms with Crippen LogP contribution in [0.1, 0.15) is 258 Å². The van der Waals surface area contributed by atoms with Crippen molar-refractivity contribution >= 4 is 5.91 Å². The SMILES string of the molecule is CC/C=C/CC/C=C/CC/C=C/C(O)C(COC1OC(CO)C(O)C(O)C1O)NC(=O)CCCCCCCCCCCCCCCCCCCCCCCCCCCCCCCCCC. The molecule has 0 aromatic heterocycles. The average Bonchev–Trinajstić information content (AvgIpc) is 3.31. The monoisotopic (exact) mass is 920 g/mol. The molecule has 0 aromatic rings. The maximum absolute atomic E-state index is 13.0. The summed E-state index contributed by atoms with van der Waals surface area (Å²) in [5, 5.41) is 54.1. The van der Waals surface area contributed by atoms with Gasteiger partial charge in [-0.25, -0.2) is 0 Å². The van der Waals surface area contributed by atoms with Crippen LogP contribution in [0.5, 0.6) is 0 Å². The third-order valence-corrected chi connectivity index (χ3v) is 13.2. The van der Waals surface area contributed by atoms with Gasteiger partial charge < -0.3 is 40.3 Å². The van der Waals surface area contributed by atoms with Crippen molar-refractivity contribution in [2.24, 2.45) is 0 Å². The molecule has 0 aliphatic carbocycles. The van der Waals surface area contributed by atoms with Gasteiger partial charge in [0.2, 0.25) is 5.91 Å². The van der Waals surface area contributed by atoms with Crippen LogP contribution < -0.4 is 5.32 Å². The molecule has 1 fully saturated rings. The summed E-state index contributed by atoms with van der Waals surface area (Å²) in [5.74, 6) is -0.189. The number of carbonyl (C=O) groups is 1. The van der Waals surface area contributed by atoms with Crippen molar-refractivity contribution in [3.8, 4) is 0 Å². The molecule has 1 amide bonds. The summed E-state index contributed by atoms with van der Waals surface area (Å²) >= 11 is 0. The van der Waals surface area contributed by atoms with E-state index in [1.165, 1.54) is 186 Å². The van der Waals surface area contributed by atoms with Crippen molar-refractivity contribution in [1.29, 1.82) is 0 Å². The number of hydrogen-bond donors (Lipinski definition) is 6. The fraction of sp³-hybridized carbons (Fsp3) is 0.875. The van der Waals surface area contributed by atoms with Gasteiger partial charge in [0, 0.05) is 6.42 Å². The molecule has 7 unspecified atom stereocenters. The highest BCUT2D eigenvalue weighted by Gasteiger charge is 2.44. The summed E-state index contributed by atoms with van der Waals surface area (Å²) in [6, 6.07) is -0.824. The van der Waals surface area contributed by atoms with E-state index < -0.39 is 49.5 Å². The highest BCUT2D eigenvalue weighted by molar-refractivity contribution is 5.76. The van der Waals surface area contributed by atoms with Gasteiger partial charge in [0.1, 0.15) is 24.4 Å². The van der Waals surface area contributed by atoms with Gasteiger partial charge in [0.25, 0.3) is 0 Å². The fourth-order valence-corrected chi connectivity index (χ4v) is 8.85. The van der Waals surface area contributed by atoms with Gasteiger partial charge in [-0.2, -0.15) is 0 Å². The third kappa shape index (κ3) is 36.1. The molecule has 0 radical (unpaired) electrons. The number of hydrogen-bond acceptors (Lipinski definition) is 8. The summed E-state index contributed by atoms with van der Waals surface area (Å²) in [4.78, 5) is 13.0. The predicted octanol–water partition coefficient (Wildman–Crippen LogP) is 13.2. The number of nitrogens with one attached hydrogen (secondary N) is 1. The van der Waals surface area contributed by atoms with Crippen molar-refractivity contribution in [1.82, 2.24) is 5.32 Å². The van der Waals surface area contributed by atoms with Crippen LogP contribution in [0.4, 0.5) is 0 Å². The maximum atomic E-state index is 13.0. The predicted molar refractivity (Wildman–Crippen MR) is 272 cm³/mol. The van der Waals surface area contributed by atoms with Crippen LogP contribution in [-0.4, -0.2) is 87.5 Å². The second-order valence-electron chi connectivity index (χ2n) is 19.3. The second-order valence-corrected chi connectivity index (χ2v) is 19.3. The van der Waals surface area contributed by atoms with Crippen molar-refractivity contribution in [2.45, 2.75) is 301 Å². The van der Waals surface area contributed by atoms with Crippen LogP contribution in [0.15, 0.2) is 36.5 Å². The Balaban J connectivity index is 2.08. The number of rotatable bonds is 47. The Kier molecular flexibility index (Phi) is 43.6. The lowest BCUT2D eigenvalue weighted by Crippen LogP contribution is -2.60. The number of allylic oxidation sites excluding steroid dienone is 5. The normalized spacial score (nSPS) is 20.1. The smallest absolute Gasteiger partial charge is 0.220 e. The van der Waals surface area contributed by atoms with E-state index in [1.54, 1.807) is 6.08 Å². The maximum Gasteiger partial charge on any atom is 0.220 e. The van der Waals surface area contributed by atoms with E-state index in [2.05, 4.69) is 43.5 Å². The van der Waals surface area contributed by atoms with Crippen molar-refractivity contribution in [2.75, 3.05) is 13.2 Å². The van der Waals surface area contributed by atoms with E-state index in [4.69, 9.17) is 9.47 Å². The van der Waals surface area contributed by atoms with Crippen LogP contribution >= 0.6 is 0 Å². The Bertz CT molecular complexity index is 1110. The van der Waals surface area contributed by atoms with Gasteiger partial charge in [-0.1, -0.05) is 249 Å². The van der Waals surface area contributed by atoms with Crippen LogP contribution in [0.2, 0.25) is 0 Å². The van der Waals surface area contributed by atoms with E-state index in [9.17, 15) is 30.3 Å². The van der Waals surface area contributed by atoms with E-state index >= 15 is 0 Å². The van der Waals surface area contributed by atoms with Gasteiger partial charge in [-0.05, 0) is 38.5 Å². The van der Waals surface area contributed by atoms with Crippen molar-refractivity contribution in [3.05, 3.63) is 36.5 Å². The van der Waals surface area contributed by atoms with Gasteiger partial charge in [-0.3, -0.25) is 4.79 Å². The number of ether oxygens (including phenoxy) is 2. The van der Waals surface area contributed by atoms with E-state index in [1.807, 2.05) is 6.08 Å². The summed E-state index contributed by atoms with van der Waals surface area (Å²) in [6.07, 6.45) is 52.6. The average molecular weight is 920 g/mol. The van der Waals surface area contributed by atoms with Crippen LogP contribution in [-0.2, 0) is 14.3 Å². The number of carbonyl (C=O) groups excluding carboxylic acids is 1. The van der Waals surface area contributed by atoms with Gasteiger partial charge >= 0.3 is 0 Å². The summed E-state index contributed by atoms with van der Waals surface area (Å²) in [5.41, 5.74) is 0. The molecular weight excluding hydrogens is 815 g/mol. The van der Waals surface area contributed by atoms with E-state index in [0.29, 0.717) is 6.42 Å². The zero-order valence-electron chi connectivity index (χ0n) is 42.3. The second kappa shape index (κ2) is 46.2. The molecule has 1 heterocycles. The van der Waals surface area contributed by atoms with Gasteiger partial charge in [0.05, 0.1) is 25.4 Å². The van der Waals surface area contributed by atoms with Crippen molar-refractivity contribution in [3.63, 3.8) is 0 Å². The lowest BCUT2D eigenvalue weighted by atomic mass is 9.99. The molecule has 9 heteroatoms. The molecule has 1 aliphatic rings. The van der Waals surface area contributed by atoms with Gasteiger partial charge in [0.15, 0.2) is 6.29 Å². The molecule has 6 N–H and O–H groups in total. The Hall–Kier alpha value is -1.59. The molecular formula is C56H105NO8. The Morgan fingerprint density at radius 3 is 1.28 bits per heavy atom. The molecule has 1 aliphatic heterocycles. The minimum absolute atomic E-state index is 0.189. The van der Waals surface area contributed by atoms with E-state index in [0.717, 1.165) is 51.4 Å². The third-order valence-electron chi connectivity index (χ3n) is 13.2. The molecule has 1 rings (SSSR count). The first-order valence-electron chi connectivity index (χ1n) is 27.7. The summed E-state index contributed by atoms with van der Waals surface area (Å²) in [6.45, 7) is 3.65. The highest BCUT2D eigenvalue weighted by atomic mass is 16.7. The Morgan fingerprint density at radius 2 is 0.892 bits per heavy atom. The number of unbranched alkanes of at least 4 members (excludes halogenated alkanes) is 33. The quantitative estimate of drug-likeness (QED) is 0.0261. The molecule has 0 bridgehead atoms. The summed E-state index contributed by atoms with van der Waals surface area (Å²) < 4.78 is 11.2. The molecule has 65 heavy (non-hydrogen) atoms. The molecule has 9 nitrogen and oxygen atoms in total. The zero-order valence-corrected chi connectivity index (χ0v) is 42.3. The van der Waals surface area contributed by atoms with Crippen LogP contribution in [0.3, 0.4) is 0 Å². The highest BCUT2D eigenvalue weighted by Crippen LogP contribution is 2.23. The molecule has 382 valence electrons. The molecule has 7 atom stereocenters. The first-order valence-corrected chi connectivity index (χ1v) is 27.7. The Labute approximate surface area is 400 Å². The first kappa shape index (κ1) is 61.4. The molecule has 1 saturated heterocycles. The Morgan fingerprint density at radius 1 is 0.523 bits per heavy atom. The molecule has 0 aromatic carbocycles. The minimum Gasteiger partial charge on any atom is -0.394 e. The van der Waals surface area contributed by atoms with Crippen LogP contribution in [0, 0.1) is 0 Å². The number of aliphatic hydroxyl groups is 5. The molecule has 0 saturated carbocycles. The number of amides is 1. The largest absolute Gasteiger partial charge is 0.394 e. The topological polar surface area (TPSA) is 149 Å². The first-order chi connectivity index (χ1) is 31.8. The summed E-state index contributed by atoms with van der Waals surface area (Å²) in [7, 11) is 0. The standard InChI is InChI=1S/C56H105NO8/c1-3-5-7-9-11-13-15-16-17-18-19-20-21-22-23-24-25-26-27-28-29-30-31-32-33-34-35-36-38-40-42-44-46-52(60)57-49(48-64-56-55(63)54(62)53(61)51(47-58)65-56)50(59)45-43-41-39-37-14-12-10-8-6-4-2/h6,8,14,37,43,45,49-51,53-56,58-59,61-63H,3-5,7,9-13,15-36,38-42,44,46-48H2,1-2H3,(H,57,60)/b8-6+,37-14+,45-43+.